The van der Waals surface area contributed by atoms with E-state index in [1.807, 2.05) is 18.3 Å². The Labute approximate surface area is 218 Å². The number of hydrogen-bond acceptors (Lipinski definition) is 8. The van der Waals surface area contributed by atoms with Gasteiger partial charge in [0.25, 0.3) is 5.91 Å². The van der Waals surface area contributed by atoms with Crippen LogP contribution in [0.3, 0.4) is 0 Å². The average Bonchev–Trinajstić information content (AvgIpc) is 2.85. The fraction of sp³-hybridized carbons (Fsp3) is 0.643. The van der Waals surface area contributed by atoms with E-state index in [0.29, 0.717) is 35.1 Å². The second kappa shape index (κ2) is 8.91. The summed E-state index contributed by atoms with van der Waals surface area (Å²) < 4.78 is 0. The number of piperazine rings is 1. The lowest BCUT2D eigenvalue weighted by Gasteiger charge is -2.58. The van der Waals surface area contributed by atoms with Crippen molar-refractivity contribution in [3.8, 4) is 0 Å². The minimum atomic E-state index is -0.962. The second-order valence-electron chi connectivity index (χ2n) is 12.4. The normalized spacial score (nSPS) is 33.1. The van der Waals surface area contributed by atoms with Gasteiger partial charge in [-0.05, 0) is 88.8 Å². The van der Waals surface area contributed by atoms with E-state index in [1.165, 1.54) is 0 Å². The van der Waals surface area contributed by atoms with E-state index in [1.54, 1.807) is 26.1 Å². The maximum absolute atomic E-state index is 13.3. The number of anilines is 2. The van der Waals surface area contributed by atoms with Gasteiger partial charge >= 0.3 is 0 Å². The van der Waals surface area contributed by atoms with Crippen LogP contribution < -0.4 is 15.1 Å². The van der Waals surface area contributed by atoms with Gasteiger partial charge in [-0.25, -0.2) is 9.97 Å². The van der Waals surface area contributed by atoms with Crippen molar-refractivity contribution in [3.63, 3.8) is 0 Å². The van der Waals surface area contributed by atoms with E-state index < -0.39 is 11.2 Å². The van der Waals surface area contributed by atoms with Crippen molar-refractivity contribution in [2.45, 2.75) is 76.2 Å². The number of amides is 1. The quantitative estimate of drug-likeness (QED) is 0.567. The molecule has 3 atom stereocenters. The minimum absolute atomic E-state index is 0.126. The van der Waals surface area contributed by atoms with Gasteiger partial charge in [-0.1, -0.05) is 0 Å². The molecular formula is C28H38N6O3. The molecule has 4 saturated carbocycles. The molecule has 2 aromatic heterocycles. The topological polar surface area (TPSA) is 115 Å². The Bertz CT molecular complexity index is 1150. The summed E-state index contributed by atoms with van der Waals surface area (Å²) in [6.45, 7) is 7.89. The van der Waals surface area contributed by atoms with Crippen molar-refractivity contribution in [3.05, 3.63) is 42.0 Å². The predicted octanol–water partition coefficient (Wildman–Crippen LogP) is 2.48. The zero-order valence-electron chi connectivity index (χ0n) is 22.0. The molecule has 1 amide bonds. The van der Waals surface area contributed by atoms with Crippen molar-refractivity contribution in [1.82, 2.24) is 20.3 Å². The fourth-order valence-corrected chi connectivity index (χ4v) is 7.48. The Kier molecular flexibility index (Phi) is 5.91. The van der Waals surface area contributed by atoms with Gasteiger partial charge in [-0.2, -0.15) is 0 Å². The monoisotopic (exact) mass is 506 g/mol. The highest BCUT2D eigenvalue weighted by atomic mass is 16.3. The Morgan fingerprint density at radius 3 is 2.49 bits per heavy atom. The van der Waals surface area contributed by atoms with Crippen LogP contribution in [-0.4, -0.2) is 68.4 Å². The number of hydrogen-bond donors (Lipinski definition) is 3. The maximum Gasteiger partial charge on any atom is 0.270 e. The lowest BCUT2D eigenvalue weighted by atomic mass is 9.52. The predicted molar refractivity (Wildman–Crippen MR) is 140 cm³/mol. The summed E-state index contributed by atoms with van der Waals surface area (Å²) in [4.78, 5) is 31.3. The van der Waals surface area contributed by atoms with Crippen LogP contribution >= 0.6 is 0 Å². The molecule has 2 aromatic rings. The van der Waals surface area contributed by atoms with E-state index in [9.17, 15) is 15.0 Å². The minimum Gasteiger partial charge on any atom is -0.390 e. The highest BCUT2D eigenvalue weighted by Gasteiger charge is 2.55. The summed E-state index contributed by atoms with van der Waals surface area (Å²) in [6.07, 6.45) is 8.25. The standard InChI is InChI=1S/C28H38N6O3/c1-17-16-33(21-4-5-23(30-15-21)27(2,3)36)8-9-34(17)26-29-7-6-22(31-26)25(35)32-24-19-10-18-11-20(24)14-28(37,12-18)13-19/h4-7,15,17-20,24,36-37H,8-14,16H2,1-3H3,(H,32,35)/t17-,18?,19?,20?,24-,28-/m1/s1. The molecule has 198 valence electrons. The van der Waals surface area contributed by atoms with Gasteiger partial charge in [0.05, 0.1) is 23.2 Å². The van der Waals surface area contributed by atoms with Crippen molar-refractivity contribution in [2.24, 2.45) is 17.8 Å². The molecule has 1 saturated heterocycles. The van der Waals surface area contributed by atoms with Crippen LogP contribution in [-0.2, 0) is 5.60 Å². The lowest BCUT2D eigenvalue weighted by molar-refractivity contribution is -0.136. The van der Waals surface area contributed by atoms with E-state index in [2.05, 4.69) is 37.0 Å². The van der Waals surface area contributed by atoms with Gasteiger partial charge < -0.3 is 25.3 Å². The van der Waals surface area contributed by atoms with Crippen LogP contribution in [0.2, 0.25) is 0 Å². The molecular weight excluding hydrogens is 468 g/mol. The molecule has 3 heterocycles. The molecule has 5 aliphatic rings. The van der Waals surface area contributed by atoms with Gasteiger partial charge in [0.2, 0.25) is 5.95 Å². The third-order valence-corrected chi connectivity index (χ3v) is 9.04. The number of pyridine rings is 1. The van der Waals surface area contributed by atoms with Crippen LogP contribution in [0.25, 0.3) is 0 Å². The summed E-state index contributed by atoms with van der Waals surface area (Å²) in [5.41, 5.74) is 0.602. The summed E-state index contributed by atoms with van der Waals surface area (Å²) >= 11 is 0. The fourth-order valence-electron chi connectivity index (χ4n) is 7.48. The van der Waals surface area contributed by atoms with Crippen LogP contribution in [0.5, 0.6) is 0 Å². The highest BCUT2D eigenvalue weighted by Crippen LogP contribution is 2.55. The van der Waals surface area contributed by atoms with Gasteiger partial charge in [0, 0.05) is 37.9 Å². The van der Waals surface area contributed by atoms with Gasteiger partial charge in [-0.3, -0.25) is 9.78 Å². The van der Waals surface area contributed by atoms with Crippen molar-refractivity contribution in [2.75, 3.05) is 29.4 Å². The molecule has 4 aliphatic carbocycles. The molecule has 0 aromatic carbocycles. The number of carbonyl (C=O) groups excluding carboxylic acids is 1. The van der Waals surface area contributed by atoms with E-state index in [-0.39, 0.29) is 18.0 Å². The molecule has 9 heteroatoms. The van der Waals surface area contributed by atoms with E-state index in [0.717, 1.165) is 57.4 Å². The first-order valence-corrected chi connectivity index (χ1v) is 13.6. The Hall–Kier alpha value is -2.78. The molecule has 37 heavy (non-hydrogen) atoms. The third kappa shape index (κ3) is 4.68. The molecule has 5 fully saturated rings. The zero-order valence-corrected chi connectivity index (χ0v) is 22.0. The molecule has 7 rings (SSSR count). The number of nitrogens with one attached hydrogen (secondary N) is 1. The lowest BCUT2D eigenvalue weighted by Crippen LogP contribution is -2.61. The smallest absolute Gasteiger partial charge is 0.270 e. The average molecular weight is 507 g/mol. The largest absolute Gasteiger partial charge is 0.390 e. The summed E-state index contributed by atoms with van der Waals surface area (Å²) in [5.74, 6) is 1.77. The van der Waals surface area contributed by atoms with Crippen molar-refractivity contribution in [1.29, 1.82) is 0 Å². The van der Waals surface area contributed by atoms with Crippen LogP contribution in [0.15, 0.2) is 30.6 Å². The summed E-state index contributed by atoms with van der Waals surface area (Å²) in [7, 11) is 0. The van der Waals surface area contributed by atoms with E-state index in [4.69, 9.17) is 0 Å². The first kappa shape index (κ1) is 24.6. The van der Waals surface area contributed by atoms with Crippen molar-refractivity contribution >= 4 is 17.5 Å². The zero-order chi connectivity index (χ0) is 25.9. The molecule has 3 N–H and O–H groups in total. The van der Waals surface area contributed by atoms with Gasteiger partial charge in [-0.15, -0.1) is 0 Å². The third-order valence-electron chi connectivity index (χ3n) is 9.04. The van der Waals surface area contributed by atoms with Crippen molar-refractivity contribution < 1.29 is 15.0 Å². The number of nitrogens with zero attached hydrogens (tertiary/aromatic N) is 5. The van der Waals surface area contributed by atoms with Crippen LogP contribution in [0, 0.1) is 17.8 Å². The Morgan fingerprint density at radius 2 is 1.86 bits per heavy atom. The van der Waals surface area contributed by atoms with Crippen LogP contribution in [0.4, 0.5) is 11.6 Å². The highest BCUT2D eigenvalue weighted by molar-refractivity contribution is 5.92. The molecule has 2 unspecified atom stereocenters. The number of aromatic nitrogens is 3. The van der Waals surface area contributed by atoms with Crippen LogP contribution in [0.1, 0.15) is 69.1 Å². The molecule has 9 nitrogen and oxygen atoms in total. The van der Waals surface area contributed by atoms with Gasteiger partial charge in [0.1, 0.15) is 11.3 Å². The second-order valence-corrected chi connectivity index (χ2v) is 12.4. The summed E-state index contributed by atoms with van der Waals surface area (Å²) in [6, 6.07) is 5.85. The maximum atomic E-state index is 13.3. The Morgan fingerprint density at radius 1 is 1.11 bits per heavy atom. The molecule has 0 radical (unpaired) electrons. The first-order valence-electron chi connectivity index (χ1n) is 13.6. The number of aliphatic hydroxyl groups is 2. The Balaban J connectivity index is 1.11. The number of rotatable bonds is 5. The molecule has 0 spiro atoms. The number of carbonyl (C=O) groups is 1. The van der Waals surface area contributed by atoms with Gasteiger partial charge in [0.15, 0.2) is 0 Å². The first-order chi connectivity index (χ1) is 17.6. The molecule has 1 aliphatic heterocycles. The molecule has 4 bridgehead atoms. The SMILES string of the molecule is C[C@@H]1CN(c2ccc(C(C)(C)O)nc2)CCN1c1nccc(C(=O)N[C@H]2C3CC4CC2C[C@](O)(C4)C3)n1. The summed E-state index contributed by atoms with van der Waals surface area (Å²) in [5, 5.41) is 24.3. The van der Waals surface area contributed by atoms with E-state index >= 15 is 0 Å².